The summed E-state index contributed by atoms with van der Waals surface area (Å²) in [5.41, 5.74) is 4.25. The molecule has 2 aromatic heterocycles. The average Bonchev–Trinajstić information content (AvgIpc) is 3.13. The molecule has 26 heavy (non-hydrogen) atoms. The fourth-order valence-corrected chi connectivity index (χ4v) is 4.14. The molecule has 7 nitrogen and oxygen atoms in total. The Morgan fingerprint density at radius 1 is 1.35 bits per heavy atom. The van der Waals surface area contributed by atoms with Gasteiger partial charge >= 0.3 is 0 Å². The number of piperidine rings is 1. The number of aromatic nitrogens is 4. The predicted octanol–water partition coefficient (Wildman–Crippen LogP) is 3.06. The SMILES string of the molecule is CCN1CCC[C@@H](Nc2nnc(-c3ccc4scnc4c3O)c(C)n2)C1. The molecular formula is C18H22N6OS. The van der Waals surface area contributed by atoms with Gasteiger partial charge in [0.05, 0.1) is 15.9 Å². The Morgan fingerprint density at radius 2 is 2.23 bits per heavy atom. The number of hydrogen-bond donors (Lipinski definition) is 2. The smallest absolute Gasteiger partial charge is 0.243 e. The Labute approximate surface area is 156 Å². The Kier molecular flexibility index (Phi) is 4.69. The van der Waals surface area contributed by atoms with Crippen LogP contribution in [0.4, 0.5) is 5.95 Å². The second-order valence-corrected chi connectivity index (χ2v) is 7.49. The van der Waals surface area contributed by atoms with Crippen molar-refractivity contribution in [1.82, 2.24) is 25.1 Å². The van der Waals surface area contributed by atoms with Gasteiger partial charge in [-0.1, -0.05) is 6.92 Å². The molecular weight excluding hydrogens is 348 g/mol. The third kappa shape index (κ3) is 3.22. The van der Waals surface area contributed by atoms with Gasteiger partial charge in [-0.2, -0.15) is 0 Å². The summed E-state index contributed by atoms with van der Waals surface area (Å²) in [5, 5.41) is 22.5. The van der Waals surface area contributed by atoms with Gasteiger partial charge in [-0.15, -0.1) is 21.5 Å². The molecule has 0 saturated carbocycles. The third-order valence-electron chi connectivity index (χ3n) is 4.88. The van der Waals surface area contributed by atoms with Crippen LogP contribution < -0.4 is 5.32 Å². The Balaban J connectivity index is 1.58. The van der Waals surface area contributed by atoms with Crippen molar-refractivity contribution in [3.63, 3.8) is 0 Å². The largest absolute Gasteiger partial charge is 0.505 e. The molecule has 8 heteroatoms. The summed E-state index contributed by atoms with van der Waals surface area (Å²) in [6.45, 7) is 7.30. The average molecular weight is 370 g/mol. The van der Waals surface area contributed by atoms with Crippen LogP contribution in [-0.4, -0.2) is 55.8 Å². The van der Waals surface area contributed by atoms with E-state index in [9.17, 15) is 5.11 Å². The lowest BCUT2D eigenvalue weighted by molar-refractivity contribution is 0.226. The lowest BCUT2D eigenvalue weighted by atomic mass is 10.1. The number of fused-ring (bicyclic) bond motifs is 1. The van der Waals surface area contributed by atoms with Crippen molar-refractivity contribution < 1.29 is 5.11 Å². The van der Waals surface area contributed by atoms with Crippen LogP contribution in [0.15, 0.2) is 17.6 Å². The van der Waals surface area contributed by atoms with Gasteiger partial charge in [0.25, 0.3) is 0 Å². The van der Waals surface area contributed by atoms with Crippen LogP contribution in [-0.2, 0) is 0 Å². The third-order valence-corrected chi connectivity index (χ3v) is 5.67. The van der Waals surface area contributed by atoms with Crippen molar-refractivity contribution in [2.24, 2.45) is 0 Å². The standard InChI is InChI=1S/C18H22N6OS/c1-3-24-8-4-5-12(9-24)21-18-20-11(2)15(22-23-18)13-6-7-14-16(17(13)25)19-10-26-14/h6-7,10,12,25H,3-5,8-9H2,1-2H3,(H,20,21,23)/t12-/m1/s1. The molecule has 1 fully saturated rings. The minimum atomic E-state index is 0.134. The van der Waals surface area contributed by atoms with Gasteiger partial charge in [-0.05, 0) is 45.0 Å². The number of thiazole rings is 1. The van der Waals surface area contributed by atoms with E-state index in [0.29, 0.717) is 28.8 Å². The van der Waals surface area contributed by atoms with Crippen LogP contribution in [0.3, 0.4) is 0 Å². The van der Waals surface area contributed by atoms with Gasteiger partial charge < -0.3 is 15.3 Å². The van der Waals surface area contributed by atoms with Crippen LogP contribution in [0.5, 0.6) is 5.75 Å². The summed E-state index contributed by atoms with van der Waals surface area (Å²) in [7, 11) is 0. The highest BCUT2D eigenvalue weighted by Crippen LogP contribution is 2.36. The number of likely N-dealkylation sites (tertiary alicyclic amines) is 1. The van der Waals surface area contributed by atoms with E-state index in [4.69, 9.17) is 0 Å². The summed E-state index contributed by atoms with van der Waals surface area (Å²) in [5.74, 6) is 0.679. The van der Waals surface area contributed by atoms with E-state index in [1.807, 2.05) is 19.1 Å². The topological polar surface area (TPSA) is 87.1 Å². The van der Waals surface area contributed by atoms with Crippen LogP contribution in [0.25, 0.3) is 21.5 Å². The Morgan fingerprint density at radius 3 is 3.04 bits per heavy atom. The monoisotopic (exact) mass is 370 g/mol. The number of aromatic hydroxyl groups is 1. The van der Waals surface area contributed by atoms with Crippen molar-refractivity contribution in [1.29, 1.82) is 0 Å². The molecule has 136 valence electrons. The van der Waals surface area contributed by atoms with Gasteiger partial charge in [-0.3, -0.25) is 0 Å². The molecule has 3 aromatic rings. The molecule has 4 rings (SSSR count). The zero-order chi connectivity index (χ0) is 18.1. The minimum absolute atomic E-state index is 0.134. The van der Waals surface area contributed by atoms with Crippen molar-refractivity contribution in [3.8, 4) is 17.0 Å². The first-order valence-corrected chi connectivity index (χ1v) is 9.79. The highest BCUT2D eigenvalue weighted by Gasteiger charge is 2.20. The van der Waals surface area contributed by atoms with Gasteiger partial charge in [0.15, 0.2) is 5.75 Å². The number of nitrogens with one attached hydrogen (secondary N) is 1. The number of rotatable bonds is 4. The zero-order valence-corrected chi connectivity index (χ0v) is 15.8. The van der Waals surface area contributed by atoms with E-state index in [1.54, 1.807) is 5.51 Å². The maximum Gasteiger partial charge on any atom is 0.243 e. The number of phenols is 1. The molecule has 1 atom stereocenters. The van der Waals surface area contributed by atoms with Crippen LogP contribution >= 0.6 is 11.3 Å². The summed E-state index contributed by atoms with van der Waals surface area (Å²) in [6.07, 6.45) is 2.29. The molecule has 0 aliphatic carbocycles. The van der Waals surface area contributed by atoms with E-state index in [2.05, 4.69) is 37.3 Å². The molecule has 1 aromatic carbocycles. The second kappa shape index (κ2) is 7.13. The van der Waals surface area contributed by atoms with Crippen LogP contribution in [0.2, 0.25) is 0 Å². The number of hydrogen-bond acceptors (Lipinski definition) is 8. The Hall–Kier alpha value is -2.32. The first-order valence-electron chi connectivity index (χ1n) is 8.91. The quantitative estimate of drug-likeness (QED) is 0.730. The summed E-state index contributed by atoms with van der Waals surface area (Å²) < 4.78 is 0.945. The molecule has 0 amide bonds. The van der Waals surface area contributed by atoms with Crippen LogP contribution in [0, 0.1) is 6.92 Å². The van der Waals surface area contributed by atoms with E-state index in [0.717, 1.165) is 36.4 Å². The van der Waals surface area contributed by atoms with Gasteiger partial charge in [0.1, 0.15) is 11.2 Å². The predicted molar refractivity (Wildman–Crippen MR) is 104 cm³/mol. The molecule has 2 N–H and O–H groups in total. The van der Waals surface area contributed by atoms with E-state index >= 15 is 0 Å². The zero-order valence-electron chi connectivity index (χ0n) is 14.9. The summed E-state index contributed by atoms with van der Waals surface area (Å²) in [4.78, 5) is 11.2. The fourth-order valence-electron chi connectivity index (χ4n) is 3.46. The molecule has 1 aliphatic rings. The highest BCUT2D eigenvalue weighted by molar-refractivity contribution is 7.16. The van der Waals surface area contributed by atoms with Gasteiger partial charge in [0, 0.05) is 18.2 Å². The van der Waals surface area contributed by atoms with Crippen molar-refractivity contribution >= 4 is 27.5 Å². The molecule has 0 radical (unpaired) electrons. The van der Waals surface area contributed by atoms with E-state index in [-0.39, 0.29) is 5.75 Å². The fraction of sp³-hybridized carbons (Fsp3) is 0.444. The number of phenolic OH excluding ortho intramolecular Hbond substituents is 1. The van der Waals surface area contributed by atoms with Gasteiger partial charge in [-0.25, -0.2) is 9.97 Å². The molecule has 0 spiro atoms. The first-order chi connectivity index (χ1) is 12.7. The van der Waals surface area contributed by atoms with Crippen molar-refractivity contribution in [2.45, 2.75) is 32.7 Å². The molecule has 0 bridgehead atoms. The molecule has 1 saturated heterocycles. The number of anilines is 1. The normalized spacial score (nSPS) is 18.3. The maximum atomic E-state index is 10.5. The summed E-state index contributed by atoms with van der Waals surface area (Å²) in [6, 6.07) is 4.13. The van der Waals surface area contributed by atoms with E-state index in [1.165, 1.54) is 17.8 Å². The lowest BCUT2D eigenvalue weighted by Crippen LogP contribution is -2.42. The summed E-state index contributed by atoms with van der Waals surface area (Å²) >= 11 is 1.50. The lowest BCUT2D eigenvalue weighted by Gasteiger charge is -2.32. The number of likely N-dealkylation sites (N-methyl/N-ethyl adjacent to an activating group) is 1. The first kappa shape index (κ1) is 17.1. The number of benzene rings is 1. The highest BCUT2D eigenvalue weighted by atomic mass is 32.1. The van der Waals surface area contributed by atoms with Gasteiger partial charge in [0.2, 0.25) is 5.95 Å². The molecule has 3 heterocycles. The number of aryl methyl sites for hydroxylation is 1. The van der Waals surface area contributed by atoms with E-state index < -0.39 is 0 Å². The Bertz CT molecular complexity index is 927. The molecule has 0 unspecified atom stereocenters. The number of nitrogens with zero attached hydrogens (tertiary/aromatic N) is 5. The van der Waals surface area contributed by atoms with Crippen molar-refractivity contribution in [2.75, 3.05) is 25.0 Å². The minimum Gasteiger partial charge on any atom is -0.505 e. The van der Waals surface area contributed by atoms with Crippen molar-refractivity contribution in [3.05, 3.63) is 23.3 Å². The second-order valence-electron chi connectivity index (χ2n) is 6.61. The molecule has 1 aliphatic heterocycles. The maximum absolute atomic E-state index is 10.5. The van der Waals surface area contributed by atoms with Crippen LogP contribution in [0.1, 0.15) is 25.5 Å².